The van der Waals surface area contributed by atoms with E-state index in [0.29, 0.717) is 0 Å². The maximum Gasteiger partial charge on any atom is -0.0323 e. The zero-order valence-corrected chi connectivity index (χ0v) is 9.77. The fourth-order valence-electron chi connectivity index (χ4n) is 1.39. The molecule has 0 nitrogen and oxygen atoms in total. The van der Waals surface area contributed by atoms with Crippen LogP contribution in [0.25, 0.3) is 0 Å². The molecule has 77 valence electrons. The Bertz CT molecular complexity index is 131. The maximum atomic E-state index is 2.39. The van der Waals surface area contributed by atoms with Crippen LogP contribution in [0.2, 0.25) is 0 Å². The van der Waals surface area contributed by atoms with Crippen LogP contribution in [0.1, 0.15) is 59.8 Å². The largest absolute Gasteiger partial charge is 0.0856 e. The highest BCUT2D eigenvalue weighted by atomic mass is 14.0. The number of unbranched alkanes of at least 4 members (excludes halogenated alkanes) is 2. The van der Waals surface area contributed by atoms with Crippen LogP contribution < -0.4 is 0 Å². The summed E-state index contributed by atoms with van der Waals surface area (Å²) in [6, 6.07) is 0. The maximum absolute atomic E-state index is 2.39. The second kappa shape index (κ2) is 8.34. The summed E-state index contributed by atoms with van der Waals surface area (Å²) in [4.78, 5) is 0. The summed E-state index contributed by atoms with van der Waals surface area (Å²) in [5.74, 6) is 0.858. The molecular formula is C13H25. The first-order valence-corrected chi connectivity index (χ1v) is 5.60. The van der Waals surface area contributed by atoms with Crippen molar-refractivity contribution in [2.75, 3.05) is 0 Å². The van der Waals surface area contributed by atoms with Gasteiger partial charge in [-0.05, 0) is 44.9 Å². The molecule has 0 aliphatic rings. The summed E-state index contributed by atoms with van der Waals surface area (Å²) in [7, 11) is 0. The van der Waals surface area contributed by atoms with Crippen LogP contribution in [0.5, 0.6) is 0 Å². The highest BCUT2D eigenvalue weighted by Crippen LogP contribution is 2.12. The quantitative estimate of drug-likeness (QED) is 0.392. The van der Waals surface area contributed by atoms with Crippen molar-refractivity contribution in [3.05, 3.63) is 18.1 Å². The zero-order chi connectivity index (χ0) is 10.1. The average Bonchev–Trinajstić information content (AvgIpc) is 2.04. The lowest BCUT2D eigenvalue weighted by Crippen LogP contribution is -1.87. The van der Waals surface area contributed by atoms with E-state index in [4.69, 9.17) is 0 Å². The molecule has 0 aromatic carbocycles. The van der Waals surface area contributed by atoms with Gasteiger partial charge in [-0.15, -0.1) is 0 Å². The zero-order valence-electron chi connectivity index (χ0n) is 9.77. The molecule has 0 aliphatic carbocycles. The number of hydrogen-bond acceptors (Lipinski definition) is 0. The van der Waals surface area contributed by atoms with Gasteiger partial charge in [-0.1, -0.05) is 38.8 Å². The average molecular weight is 181 g/mol. The Morgan fingerprint density at radius 1 is 1.23 bits per heavy atom. The molecular weight excluding hydrogens is 156 g/mol. The number of hydrogen-bond donors (Lipinski definition) is 0. The SMILES string of the molecule is C[CH]CC/C=C(\C)CCCC(C)C. The Balaban J connectivity index is 3.38. The van der Waals surface area contributed by atoms with Gasteiger partial charge in [0.1, 0.15) is 0 Å². The summed E-state index contributed by atoms with van der Waals surface area (Å²) >= 11 is 0. The summed E-state index contributed by atoms with van der Waals surface area (Å²) in [6.07, 6.45) is 11.1. The lowest BCUT2D eigenvalue weighted by molar-refractivity contribution is 0.554. The molecule has 0 rings (SSSR count). The fraction of sp³-hybridized carbons (Fsp3) is 0.769. The third-order valence-corrected chi connectivity index (χ3v) is 2.30. The van der Waals surface area contributed by atoms with E-state index in [2.05, 4.69) is 40.2 Å². The van der Waals surface area contributed by atoms with E-state index in [1.165, 1.54) is 32.1 Å². The first kappa shape index (κ1) is 12.7. The normalized spacial score (nSPS) is 12.5. The van der Waals surface area contributed by atoms with Gasteiger partial charge >= 0.3 is 0 Å². The van der Waals surface area contributed by atoms with Gasteiger partial charge in [0.05, 0.1) is 0 Å². The van der Waals surface area contributed by atoms with Gasteiger partial charge in [-0.2, -0.15) is 0 Å². The predicted molar refractivity (Wildman–Crippen MR) is 61.7 cm³/mol. The van der Waals surface area contributed by atoms with Crippen LogP contribution in [-0.4, -0.2) is 0 Å². The smallest absolute Gasteiger partial charge is 0.0323 e. The van der Waals surface area contributed by atoms with E-state index >= 15 is 0 Å². The Morgan fingerprint density at radius 2 is 1.92 bits per heavy atom. The summed E-state index contributed by atoms with van der Waals surface area (Å²) in [5.41, 5.74) is 1.57. The van der Waals surface area contributed by atoms with Crippen LogP contribution in [0, 0.1) is 12.3 Å². The minimum atomic E-state index is 0.858. The molecule has 0 aromatic heterocycles. The molecule has 0 spiro atoms. The van der Waals surface area contributed by atoms with Gasteiger partial charge in [0.25, 0.3) is 0 Å². The monoisotopic (exact) mass is 181 g/mol. The third-order valence-electron chi connectivity index (χ3n) is 2.30. The first-order chi connectivity index (χ1) is 6.16. The Morgan fingerprint density at radius 3 is 2.46 bits per heavy atom. The molecule has 13 heavy (non-hydrogen) atoms. The van der Waals surface area contributed by atoms with Crippen molar-refractivity contribution < 1.29 is 0 Å². The topological polar surface area (TPSA) is 0 Å². The van der Waals surface area contributed by atoms with E-state index in [-0.39, 0.29) is 0 Å². The molecule has 0 unspecified atom stereocenters. The summed E-state index contributed by atoms with van der Waals surface area (Å²) < 4.78 is 0. The van der Waals surface area contributed by atoms with E-state index in [9.17, 15) is 0 Å². The van der Waals surface area contributed by atoms with Gasteiger partial charge in [-0.3, -0.25) is 0 Å². The van der Waals surface area contributed by atoms with Crippen molar-refractivity contribution in [3.63, 3.8) is 0 Å². The lowest BCUT2D eigenvalue weighted by Gasteiger charge is -2.04. The van der Waals surface area contributed by atoms with Gasteiger partial charge in [0, 0.05) is 0 Å². The number of rotatable bonds is 7. The van der Waals surface area contributed by atoms with E-state index in [0.717, 1.165) is 5.92 Å². The molecule has 0 heteroatoms. The predicted octanol–water partition coefficient (Wildman–Crippen LogP) is 4.76. The van der Waals surface area contributed by atoms with Crippen LogP contribution in [-0.2, 0) is 0 Å². The van der Waals surface area contributed by atoms with E-state index in [1.807, 2.05) is 0 Å². The van der Waals surface area contributed by atoms with Crippen LogP contribution in [0.4, 0.5) is 0 Å². The van der Waals surface area contributed by atoms with Gasteiger partial charge in [-0.25, -0.2) is 0 Å². The molecule has 1 radical (unpaired) electrons. The standard InChI is InChI=1S/C13H25/c1-5-6-7-10-13(4)11-8-9-12(2)3/h5,10,12H,6-9,11H2,1-4H3/b13-10+. The van der Waals surface area contributed by atoms with E-state index < -0.39 is 0 Å². The molecule has 0 saturated carbocycles. The molecule has 0 heterocycles. The van der Waals surface area contributed by atoms with Gasteiger partial charge in [0.2, 0.25) is 0 Å². The van der Waals surface area contributed by atoms with Crippen LogP contribution in [0.15, 0.2) is 11.6 Å². The van der Waals surface area contributed by atoms with Crippen molar-refractivity contribution >= 4 is 0 Å². The third kappa shape index (κ3) is 9.66. The Kier molecular flexibility index (Phi) is 8.18. The highest BCUT2D eigenvalue weighted by Gasteiger charge is 1.94. The van der Waals surface area contributed by atoms with Crippen molar-refractivity contribution in [2.24, 2.45) is 5.92 Å². The molecule has 0 aliphatic heterocycles. The van der Waals surface area contributed by atoms with Gasteiger partial charge < -0.3 is 0 Å². The van der Waals surface area contributed by atoms with Crippen molar-refractivity contribution in [1.29, 1.82) is 0 Å². The molecule has 0 aromatic rings. The lowest BCUT2D eigenvalue weighted by atomic mass is 10.0. The number of allylic oxidation sites excluding steroid dienone is 2. The molecule has 0 fully saturated rings. The second-order valence-corrected chi connectivity index (χ2v) is 4.32. The minimum absolute atomic E-state index is 0.858. The molecule has 0 N–H and O–H groups in total. The van der Waals surface area contributed by atoms with Gasteiger partial charge in [0.15, 0.2) is 0 Å². The molecule has 0 atom stereocenters. The van der Waals surface area contributed by atoms with Crippen molar-refractivity contribution in [3.8, 4) is 0 Å². The molecule has 0 amide bonds. The second-order valence-electron chi connectivity index (χ2n) is 4.32. The van der Waals surface area contributed by atoms with Crippen molar-refractivity contribution in [1.82, 2.24) is 0 Å². The van der Waals surface area contributed by atoms with E-state index in [1.54, 1.807) is 5.57 Å². The van der Waals surface area contributed by atoms with Crippen LogP contribution in [0.3, 0.4) is 0 Å². The highest BCUT2D eigenvalue weighted by molar-refractivity contribution is 4.97. The molecule has 0 bridgehead atoms. The summed E-state index contributed by atoms with van der Waals surface area (Å²) in [5, 5.41) is 0. The Hall–Kier alpha value is -0.260. The first-order valence-electron chi connectivity index (χ1n) is 5.60. The van der Waals surface area contributed by atoms with Crippen molar-refractivity contribution in [2.45, 2.75) is 59.8 Å². The minimum Gasteiger partial charge on any atom is -0.0856 e. The summed E-state index contributed by atoms with van der Waals surface area (Å²) in [6.45, 7) is 8.98. The molecule has 0 saturated heterocycles. The Labute approximate surface area is 84.4 Å². The fourth-order valence-corrected chi connectivity index (χ4v) is 1.39. The van der Waals surface area contributed by atoms with Crippen LogP contribution >= 0.6 is 0 Å².